The Kier molecular flexibility index (Phi) is 1.36. The van der Waals surface area contributed by atoms with E-state index in [9.17, 15) is 9.00 Å². The maximum atomic E-state index is 11.2. The molecule has 0 saturated carbocycles. The molecule has 3 nitrogen and oxygen atoms in total. The third-order valence-electron chi connectivity index (χ3n) is 2.63. The minimum absolute atomic E-state index is 0.0334. The Balaban J connectivity index is 1.97. The summed E-state index contributed by atoms with van der Waals surface area (Å²) in [5, 5.41) is 0. The van der Waals surface area contributed by atoms with Crippen molar-refractivity contribution in [2.75, 3.05) is 18.8 Å². The molecule has 2 aliphatic rings. The van der Waals surface area contributed by atoms with Gasteiger partial charge in [0.2, 0.25) is 5.91 Å². The second-order valence-corrected chi connectivity index (χ2v) is 5.32. The summed E-state index contributed by atoms with van der Waals surface area (Å²) >= 11 is 0. The molecule has 2 heterocycles. The summed E-state index contributed by atoms with van der Waals surface area (Å²) in [4.78, 5) is 12.5. The third-order valence-corrected chi connectivity index (χ3v) is 4.63. The summed E-state index contributed by atoms with van der Waals surface area (Å²) in [6.45, 7) is 3.03. The summed E-state index contributed by atoms with van der Waals surface area (Å²) < 4.78 is 11.2. The number of nitrogens with zero attached hydrogens (tertiary/aromatic N) is 1. The minimum Gasteiger partial charge on any atom is -0.340 e. The van der Waals surface area contributed by atoms with Gasteiger partial charge in [0.05, 0.1) is 4.75 Å². The monoisotopic (exact) mass is 173 g/mol. The van der Waals surface area contributed by atoms with E-state index in [0.717, 1.165) is 25.3 Å². The first-order valence-electron chi connectivity index (χ1n) is 3.78. The van der Waals surface area contributed by atoms with Crippen molar-refractivity contribution in [1.29, 1.82) is 0 Å². The van der Waals surface area contributed by atoms with Crippen molar-refractivity contribution in [3.05, 3.63) is 0 Å². The quantitative estimate of drug-likeness (QED) is 0.506. The molecule has 11 heavy (non-hydrogen) atoms. The van der Waals surface area contributed by atoms with E-state index in [1.807, 2.05) is 0 Å². The van der Waals surface area contributed by atoms with Crippen molar-refractivity contribution in [3.8, 4) is 0 Å². The molecule has 0 aliphatic carbocycles. The van der Waals surface area contributed by atoms with Gasteiger partial charge in [-0.05, 0) is 6.42 Å². The molecule has 1 amide bonds. The Labute approximate surface area is 68.2 Å². The SMILES string of the molecule is CC(=O)N1CC2(CCS2=O)C1. The zero-order valence-electron chi connectivity index (χ0n) is 6.50. The van der Waals surface area contributed by atoms with Crippen LogP contribution in [0.15, 0.2) is 0 Å². The Bertz CT molecular complexity index is 233. The Morgan fingerprint density at radius 1 is 1.55 bits per heavy atom. The van der Waals surface area contributed by atoms with E-state index >= 15 is 0 Å². The van der Waals surface area contributed by atoms with Gasteiger partial charge in [0.15, 0.2) is 0 Å². The van der Waals surface area contributed by atoms with Gasteiger partial charge in [-0.2, -0.15) is 0 Å². The normalized spacial score (nSPS) is 32.8. The van der Waals surface area contributed by atoms with Crippen LogP contribution >= 0.6 is 0 Å². The maximum absolute atomic E-state index is 11.2. The van der Waals surface area contributed by atoms with Crippen molar-refractivity contribution in [3.63, 3.8) is 0 Å². The number of carbonyl (C=O) groups excluding carboxylic acids is 1. The predicted octanol–water partition coefficient (Wildman–Crippen LogP) is -0.260. The lowest BCUT2D eigenvalue weighted by atomic mass is 9.95. The summed E-state index contributed by atoms with van der Waals surface area (Å²) in [7, 11) is -0.640. The van der Waals surface area contributed by atoms with Crippen LogP contribution in [0.5, 0.6) is 0 Å². The first kappa shape index (κ1) is 7.28. The number of rotatable bonds is 0. The highest BCUT2D eigenvalue weighted by Gasteiger charge is 2.54. The van der Waals surface area contributed by atoms with Crippen molar-refractivity contribution in [1.82, 2.24) is 4.90 Å². The van der Waals surface area contributed by atoms with Crippen LogP contribution in [0.3, 0.4) is 0 Å². The molecule has 0 bridgehead atoms. The van der Waals surface area contributed by atoms with Crippen LogP contribution < -0.4 is 0 Å². The molecule has 2 rings (SSSR count). The van der Waals surface area contributed by atoms with Crippen LogP contribution in [-0.2, 0) is 15.6 Å². The molecule has 2 saturated heterocycles. The molecule has 2 fully saturated rings. The zero-order chi connectivity index (χ0) is 8.06. The fraction of sp³-hybridized carbons (Fsp3) is 0.857. The number of hydrogen-bond acceptors (Lipinski definition) is 2. The molecule has 1 spiro atoms. The summed E-state index contributed by atoms with van der Waals surface area (Å²) in [5.41, 5.74) is 0. The van der Waals surface area contributed by atoms with Gasteiger partial charge < -0.3 is 4.90 Å². The fourth-order valence-corrected chi connectivity index (χ4v) is 3.20. The van der Waals surface area contributed by atoms with Gasteiger partial charge in [0.25, 0.3) is 0 Å². The first-order chi connectivity index (χ1) is 5.14. The van der Waals surface area contributed by atoms with E-state index in [-0.39, 0.29) is 10.7 Å². The molecule has 1 atom stereocenters. The topological polar surface area (TPSA) is 37.4 Å². The average molecular weight is 173 g/mol. The minimum atomic E-state index is -0.640. The lowest BCUT2D eigenvalue weighted by Crippen LogP contribution is -2.70. The zero-order valence-corrected chi connectivity index (χ0v) is 7.32. The first-order valence-corrected chi connectivity index (χ1v) is 5.10. The highest BCUT2D eigenvalue weighted by molar-refractivity contribution is 7.88. The largest absolute Gasteiger partial charge is 0.340 e. The van der Waals surface area contributed by atoms with Crippen LogP contribution in [0.1, 0.15) is 13.3 Å². The molecule has 0 aromatic carbocycles. The van der Waals surface area contributed by atoms with Crippen LogP contribution in [0.25, 0.3) is 0 Å². The van der Waals surface area contributed by atoms with E-state index < -0.39 is 10.8 Å². The van der Waals surface area contributed by atoms with E-state index in [1.165, 1.54) is 0 Å². The van der Waals surface area contributed by atoms with E-state index in [2.05, 4.69) is 0 Å². The second-order valence-electron chi connectivity index (χ2n) is 3.36. The van der Waals surface area contributed by atoms with Gasteiger partial charge in [0.1, 0.15) is 0 Å². The third kappa shape index (κ3) is 0.851. The lowest BCUT2D eigenvalue weighted by Gasteiger charge is -2.54. The van der Waals surface area contributed by atoms with Gasteiger partial charge in [0, 0.05) is 36.6 Å². The predicted molar refractivity (Wildman–Crippen MR) is 42.6 cm³/mol. The lowest BCUT2D eigenvalue weighted by molar-refractivity contribution is -0.134. The molecule has 0 aromatic rings. The van der Waals surface area contributed by atoms with Gasteiger partial charge in [-0.3, -0.25) is 9.00 Å². The van der Waals surface area contributed by atoms with Crippen LogP contribution in [0, 0.1) is 0 Å². The Hall–Kier alpha value is -0.380. The summed E-state index contributed by atoms with van der Waals surface area (Å²) in [5.74, 6) is 0.950. The van der Waals surface area contributed by atoms with E-state index in [4.69, 9.17) is 0 Å². The fourth-order valence-electron chi connectivity index (χ4n) is 1.65. The molecule has 62 valence electrons. The molecular weight excluding hydrogens is 162 g/mol. The smallest absolute Gasteiger partial charge is 0.219 e. The highest BCUT2D eigenvalue weighted by Crippen LogP contribution is 2.38. The van der Waals surface area contributed by atoms with Crippen LogP contribution in [0.4, 0.5) is 0 Å². The van der Waals surface area contributed by atoms with Gasteiger partial charge in [-0.15, -0.1) is 0 Å². The second kappa shape index (κ2) is 2.06. The molecule has 4 heteroatoms. The van der Waals surface area contributed by atoms with E-state index in [0.29, 0.717) is 0 Å². The summed E-state index contributed by atoms with van der Waals surface area (Å²) in [6.07, 6.45) is 1.05. The van der Waals surface area contributed by atoms with E-state index in [1.54, 1.807) is 11.8 Å². The molecule has 0 radical (unpaired) electrons. The van der Waals surface area contributed by atoms with Crippen LogP contribution in [-0.4, -0.2) is 38.6 Å². The van der Waals surface area contributed by atoms with Gasteiger partial charge in [-0.1, -0.05) is 0 Å². The van der Waals surface area contributed by atoms with Crippen LogP contribution in [0.2, 0.25) is 0 Å². The number of hydrogen-bond donors (Lipinski definition) is 0. The van der Waals surface area contributed by atoms with Gasteiger partial charge >= 0.3 is 0 Å². The number of likely N-dealkylation sites (tertiary alicyclic amines) is 1. The summed E-state index contributed by atoms with van der Waals surface area (Å²) in [6, 6.07) is 0. The Morgan fingerprint density at radius 3 is 2.45 bits per heavy atom. The average Bonchev–Trinajstić information content (AvgIpc) is 1.81. The molecular formula is C7H11NO2S. The molecule has 0 N–H and O–H groups in total. The maximum Gasteiger partial charge on any atom is 0.219 e. The van der Waals surface area contributed by atoms with Crippen molar-refractivity contribution >= 4 is 16.7 Å². The number of carbonyl (C=O) groups is 1. The van der Waals surface area contributed by atoms with Crippen molar-refractivity contribution < 1.29 is 9.00 Å². The van der Waals surface area contributed by atoms with Crippen molar-refractivity contribution in [2.45, 2.75) is 18.1 Å². The standard InChI is InChI=1S/C7H11NO2S/c1-6(9)8-4-7(5-8)2-3-11(7)10/h2-5H2,1H3. The highest BCUT2D eigenvalue weighted by atomic mass is 32.2. The molecule has 0 aromatic heterocycles. The molecule has 2 aliphatic heterocycles. The Morgan fingerprint density at radius 2 is 2.18 bits per heavy atom. The molecule has 1 unspecified atom stereocenters. The van der Waals surface area contributed by atoms with Gasteiger partial charge in [-0.25, -0.2) is 0 Å². The van der Waals surface area contributed by atoms with Crippen molar-refractivity contribution in [2.24, 2.45) is 0 Å². The number of amides is 1.